The van der Waals surface area contributed by atoms with Crippen molar-refractivity contribution >= 4 is 47.7 Å². The van der Waals surface area contributed by atoms with E-state index in [1.165, 1.54) is 42.2 Å². The zero-order valence-electron chi connectivity index (χ0n) is 36.8. The maximum Gasteiger partial charge on any atom is 0.416 e. The molecule has 2 unspecified atom stereocenters. The summed E-state index contributed by atoms with van der Waals surface area (Å²) in [6.07, 6.45) is 6.59. The van der Waals surface area contributed by atoms with Gasteiger partial charge in [0, 0.05) is 65.5 Å². The number of benzene rings is 2. The third kappa shape index (κ3) is 14.6. The highest BCUT2D eigenvalue weighted by molar-refractivity contribution is 7.86. The number of unbranched alkanes of at least 4 members (excludes halogenated alkanes) is 5. The first-order valence-electron chi connectivity index (χ1n) is 21.4. The Bertz CT molecular complexity index is 2600. The van der Waals surface area contributed by atoms with Gasteiger partial charge in [-0.2, -0.15) is 38.4 Å². The van der Waals surface area contributed by atoms with Gasteiger partial charge in [0.1, 0.15) is 0 Å². The van der Waals surface area contributed by atoms with E-state index in [2.05, 4.69) is 6.08 Å². The van der Waals surface area contributed by atoms with Crippen LogP contribution in [0.15, 0.2) is 60.0 Å². The number of rotatable bonds is 25. The smallest absolute Gasteiger partial charge is 0.416 e. The van der Waals surface area contributed by atoms with Crippen LogP contribution in [-0.4, -0.2) is 80.3 Å². The highest BCUT2D eigenvalue weighted by atomic mass is 32.2. The quantitative estimate of drug-likeness (QED) is 0.0139. The number of anilines is 2. The Hall–Kier alpha value is -4.38. The van der Waals surface area contributed by atoms with Gasteiger partial charge in [-0.3, -0.25) is 18.5 Å². The molecule has 67 heavy (non-hydrogen) atoms. The zero-order chi connectivity index (χ0) is 50.2. The lowest BCUT2D eigenvalue weighted by molar-refractivity contribution is -0.138. The van der Waals surface area contributed by atoms with E-state index in [1.54, 1.807) is 17.9 Å². The summed E-state index contributed by atoms with van der Waals surface area (Å²) in [5.74, 6) is -10.3. The van der Waals surface area contributed by atoms with Crippen LogP contribution in [0.3, 0.4) is 0 Å². The van der Waals surface area contributed by atoms with Gasteiger partial charge < -0.3 is 14.9 Å². The van der Waals surface area contributed by atoms with Gasteiger partial charge in [0.15, 0.2) is 29.3 Å². The molecule has 2 atom stereocenters. The molecule has 0 bridgehead atoms. The molecule has 0 aliphatic carbocycles. The van der Waals surface area contributed by atoms with Gasteiger partial charge in [0.25, 0.3) is 30.4 Å². The fourth-order valence-corrected chi connectivity index (χ4v) is 10.5. The summed E-state index contributed by atoms with van der Waals surface area (Å²) in [4.78, 5) is 14.1. The number of carboxylic acid groups (broad SMARTS) is 1. The Morgan fingerprint density at radius 1 is 0.701 bits per heavy atom. The average Bonchev–Trinajstić information content (AvgIpc) is 3.59. The lowest BCUT2D eigenvalue weighted by Gasteiger charge is -2.31. The normalized spacial score (nSPS) is 20.2. The van der Waals surface area contributed by atoms with E-state index in [9.17, 15) is 65.7 Å². The van der Waals surface area contributed by atoms with Gasteiger partial charge in [-0.05, 0) is 89.0 Å². The van der Waals surface area contributed by atoms with E-state index < -0.39 is 111 Å². The third-order valence-corrected chi connectivity index (χ3v) is 14.4. The largest absolute Gasteiger partial charge is 0.481 e. The van der Waals surface area contributed by atoms with Crippen molar-refractivity contribution in [1.82, 2.24) is 0 Å². The van der Waals surface area contributed by atoms with Crippen LogP contribution in [0.25, 0.3) is 0 Å². The van der Waals surface area contributed by atoms with Crippen LogP contribution in [0.2, 0.25) is 0 Å². The molecule has 13 nitrogen and oxygen atoms in total. The molecule has 372 valence electrons. The van der Waals surface area contributed by atoms with E-state index in [0.29, 0.717) is 17.8 Å². The predicted octanol–water partition coefficient (Wildman–Crippen LogP) is 9.62. The molecule has 2 aliphatic rings. The predicted molar refractivity (Wildman–Crippen MR) is 237 cm³/mol. The van der Waals surface area contributed by atoms with Gasteiger partial charge in [0.05, 0.1) is 46.7 Å². The highest BCUT2D eigenvalue weighted by Crippen LogP contribution is 2.55. The van der Waals surface area contributed by atoms with Crippen molar-refractivity contribution in [3.8, 4) is 0 Å². The molecule has 0 amide bonds. The molecular weight excluding hydrogens is 962 g/mol. The number of alkyl halides is 3. The number of carboxylic acids is 1. The number of hydrogen-bond acceptors (Lipinski definition) is 9. The summed E-state index contributed by atoms with van der Waals surface area (Å²) >= 11 is 0. The number of allylic oxidation sites excluding steroid dienone is 8. The Kier molecular flexibility index (Phi) is 18.4. The fraction of sp³-hybridized carbons (Fsp3) is 0.523. The summed E-state index contributed by atoms with van der Waals surface area (Å²) in [5, 5.41) is 9.06. The van der Waals surface area contributed by atoms with Crippen LogP contribution in [0.5, 0.6) is 0 Å². The van der Waals surface area contributed by atoms with Crippen LogP contribution in [0.4, 0.5) is 42.1 Å². The monoisotopic (exact) mass is 1020 g/mol. The number of fused-ring (bicyclic) bond motifs is 2. The van der Waals surface area contributed by atoms with E-state index in [0.717, 1.165) is 12.1 Å². The topological polar surface area (TPSA) is 207 Å². The number of hydrogen-bond donors (Lipinski definition) is 4. The van der Waals surface area contributed by atoms with Gasteiger partial charge in [-0.1, -0.05) is 25.3 Å². The Morgan fingerprint density at radius 3 is 1.81 bits per heavy atom. The standard InChI is InChI=1S/C44H53F7N2O11S3/c1-42(22-10-14-26-65(56,57)58)31-29-30(44(49,50)51)20-21-32(31)52(24-13-16-28-67(62,63)64)33(42)17-7-4-3-5-8-18-34-43(2,23-11-15-27-66(59,60)61)36-37(45)38(46)39(47)40(48)41(36)53(34)25-12-6-9-19-35(54)55/h4-5,7,17-18,20-21,29H,6,8-16,19,22-28H2,1-2H3,(H3-,54,55,56,57,58,59,60,61,62,63,64)/p+1. The second-order valence-electron chi connectivity index (χ2n) is 17.0. The lowest BCUT2D eigenvalue weighted by Crippen LogP contribution is -2.30. The summed E-state index contributed by atoms with van der Waals surface area (Å²) < 4.78 is 200. The minimum Gasteiger partial charge on any atom is -0.481 e. The van der Waals surface area contributed by atoms with E-state index in [4.69, 9.17) is 5.11 Å². The molecule has 23 heteroatoms. The van der Waals surface area contributed by atoms with Crippen molar-refractivity contribution in [2.45, 2.75) is 114 Å². The summed E-state index contributed by atoms with van der Waals surface area (Å²) in [5.41, 5.74) is -3.47. The second-order valence-corrected chi connectivity index (χ2v) is 21.7. The third-order valence-electron chi connectivity index (χ3n) is 11.9. The van der Waals surface area contributed by atoms with E-state index in [-0.39, 0.29) is 101 Å². The van der Waals surface area contributed by atoms with E-state index >= 15 is 8.78 Å². The molecule has 0 aromatic heterocycles. The van der Waals surface area contributed by atoms with Crippen LogP contribution in [0, 0.1) is 29.3 Å². The average molecular weight is 1020 g/mol. The highest BCUT2D eigenvalue weighted by Gasteiger charge is 2.49. The molecular formula is C44H54F7N2O11S3+. The lowest BCUT2D eigenvalue weighted by atomic mass is 9.76. The maximum absolute atomic E-state index is 15.8. The number of aliphatic carboxylic acids is 1. The number of nitrogens with zero attached hydrogens (tertiary/aromatic N) is 2. The first-order chi connectivity index (χ1) is 31.0. The Morgan fingerprint density at radius 2 is 1.24 bits per heavy atom. The molecule has 0 fully saturated rings. The number of halogens is 7. The van der Waals surface area contributed by atoms with Crippen LogP contribution in [-0.2, 0) is 52.2 Å². The number of carbonyl (C=O) groups is 1. The first-order valence-corrected chi connectivity index (χ1v) is 26.2. The van der Waals surface area contributed by atoms with Crippen LogP contribution >= 0.6 is 0 Å². The molecule has 2 heterocycles. The molecule has 2 aromatic rings. The Labute approximate surface area is 386 Å². The van der Waals surface area contributed by atoms with Crippen molar-refractivity contribution < 1.29 is 79.5 Å². The van der Waals surface area contributed by atoms with Gasteiger partial charge >= 0.3 is 12.1 Å². The van der Waals surface area contributed by atoms with Crippen molar-refractivity contribution in [2.24, 2.45) is 0 Å². The minimum atomic E-state index is -4.72. The molecule has 4 N–H and O–H groups in total. The summed E-state index contributed by atoms with van der Waals surface area (Å²) in [7, 11) is -13.0. The van der Waals surface area contributed by atoms with Crippen molar-refractivity contribution in [3.63, 3.8) is 0 Å². The molecule has 0 saturated carbocycles. The van der Waals surface area contributed by atoms with Crippen molar-refractivity contribution in [3.05, 3.63) is 106 Å². The SMILES string of the molecule is CC1(CCCCS(=O)(=O)O)C(=CC=C[C+]=CCC=C2N(CCCCCC(=O)O)c3c(F)c(F)c(F)c(F)c3C2(C)CCCCS(=O)(=O)O)N(CCCCS(=O)(=O)O)c2ccc(C(F)(F)F)cc21. The summed E-state index contributed by atoms with van der Waals surface area (Å²) in [6.45, 7) is 3.16. The molecule has 0 spiro atoms. The molecule has 0 radical (unpaired) electrons. The van der Waals surface area contributed by atoms with Crippen molar-refractivity contribution in [1.29, 1.82) is 0 Å². The van der Waals surface area contributed by atoms with Crippen LogP contribution < -0.4 is 9.80 Å². The maximum atomic E-state index is 15.8. The molecule has 4 rings (SSSR count). The van der Waals surface area contributed by atoms with Gasteiger partial charge in [-0.15, -0.1) is 0 Å². The molecule has 0 saturated heterocycles. The fourth-order valence-electron chi connectivity index (χ4n) is 8.78. The molecule has 2 aromatic carbocycles. The Balaban J connectivity index is 1.73. The van der Waals surface area contributed by atoms with Crippen molar-refractivity contribution in [2.75, 3.05) is 40.1 Å². The summed E-state index contributed by atoms with van der Waals surface area (Å²) in [6, 6.07) is 3.18. The second kappa shape index (κ2) is 22.4. The van der Waals surface area contributed by atoms with Crippen LogP contribution in [0.1, 0.15) is 114 Å². The van der Waals surface area contributed by atoms with Gasteiger partial charge in [-0.25, -0.2) is 17.6 Å². The minimum absolute atomic E-state index is 0.00548. The van der Waals surface area contributed by atoms with E-state index in [1.807, 2.05) is 0 Å². The zero-order valence-corrected chi connectivity index (χ0v) is 39.2. The van der Waals surface area contributed by atoms with Gasteiger partial charge in [0.2, 0.25) is 0 Å². The first kappa shape index (κ1) is 55.2. The molecule has 2 aliphatic heterocycles.